The fourth-order valence-electron chi connectivity index (χ4n) is 1.82. The third-order valence-electron chi connectivity index (χ3n) is 2.77. The van der Waals surface area contributed by atoms with Crippen LogP contribution in [0.1, 0.15) is 19.4 Å². The quantitative estimate of drug-likeness (QED) is 0.711. The number of aromatic nitrogens is 1. The molecule has 0 spiro atoms. The number of hydrogen-bond donors (Lipinski definition) is 1. The van der Waals surface area contributed by atoms with Crippen molar-refractivity contribution in [3.63, 3.8) is 0 Å². The molecule has 1 aromatic heterocycles. The molecule has 0 saturated carbocycles. The van der Waals surface area contributed by atoms with E-state index >= 15 is 0 Å². The second kappa shape index (κ2) is 7.92. The van der Waals surface area contributed by atoms with E-state index in [1.165, 1.54) is 0 Å². The molecule has 0 fully saturated rings. The van der Waals surface area contributed by atoms with Crippen LogP contribution in [0.15, 0.2) is 45.5 Å². The Kier molecular flexibility index (Phi) is 6.21. The van der Waals surface area contributed by atoms with Crippen LogP contribution in [0.25, 0.3) is 0 Å². The molecule has 1 N–H and O–H groups in total. The Labute approximate surface area is 142 Å². The molecule has 1 heterocycles. The molecular weight excluding hydrogens is 396 g/mol. The Morgan fingerprint density at radius 1 is 1.19 bits per heavy atom. The fourth-order valence-corrected chi connectivity index (χ4v) is 2.58. The number of halogens is 2. The van der Waals surface area contributed by atoms with Crippen LogP contribution >= 0.6 is 31.9 Å². The van der Waals surface area contributed by atoms with Crippen molar-refractivity contribution in [1.82, 2.24) is 10.3 Å². The molecule has 0 atom stereocenters. The van der Waals surface area contributed by atoms with Gasteiger partial charge in [-0.15, -0.1) is 0 Å². The summed E-state index contributed by atoms with van der Waals surface area (Å²) in [7, 11) is 0. The van der Waals surface area contributed by atoms with Gasteiger partial charge in [0.2, 0.25) is 5.88 Å². The number of ether oxygens (including phenoxy) is 1. The van der Waals surface area contributed by atoms with E-state index in [4.69, 9.17) is 4.74 Å². The van der Waals surface area contributed by atoms with Gasteiger partial charge in [-0.25, -0.2) is 4.98 Å². The van der Waals surface area contributed by atoms with Crippen molar-refractivity contribution in [3.05, 3.63) is 51.0 Å². The second-order valence-corrected chi connectivity index (χ2v) is 7.03. The minimum Gasteiger partial charge on any atom is -0.439 e. The Morgan fingerprint density at radius 3 is 2.71 bits per heavy atom. The maximum absolute atomic E-state index is 5.90. The Morgan fingerprint density at radius 2 is 2.00 bits per heavy atom. The van der Waals surface area contributed by atoms with Crippen molar-refractivity contribution in [2.24, 2.45) is 5.92 Å². The molecule has 21 heavy (non-hydrogen) atoms. The summed E-state index contributed by atoms with van der Waals surface area (Å²) in [5, 5.41) is 3.42. The van der Waals surface area contributed by atoms with Gasteiger partial charge in [-0.1, -0.05) is 35.8 Å². The molecule has 5 heteroatoms. The second-order valence-electron chi connectivity index (χ2n) is 5.20. The Hall–Kier alpha value is -0.910. The van der Waals surface area contributed by atoms with Crippen LogP contribution in [0.2, 0.25) is 0 Å². The van der Waals surface area contributed by atoms with Gasteiger partial charge in [0.25, 0.3) is 0 Å². The number of nitrogens with one attached hydrogen (secondary N) is 1. The summed E-state index contributed by atoms with van der Waals surface area (Å²) in [5.74, 6) is 2.01. The zero-order valence-electron chi connectivity index (χ0n) is 12.1. The molecule has 1 aromatic carbocycles. The minimum atomic E-state index is 0.611. The molecular formula is C16H18Br2N2O. The highest BCUT2D eigenvalue weighted by Gasteiger charge is 2.08. The molecule has 0 saturated heterocycles. The fraction of sp³-hybridized carbons (Fsp3) is 0.312. The average molecular weight is 414 g/mol. The maximum Gasteiger partial charge on any atom is 0.223 e. The summed E-state index contributed by atoms with van der Waals surface area (Å²) in [4.78, 5) is 4.38. The Bertz CT molecular complexity index is 603. The molecule has 112 valence electrons. The van der Waals surface area contributed by atoms with Crippen molar-refractivity contribution < 1.29 is 4.74 Å². The molecule has 2 aromatic rings. The first kappa shape index (κ1) is 16.5. The van der Waals surface area contributed by atoms with E-state index in [1.807, 2.05) is 30.3 Å². The SMILES string of the molecule is CC(C)CNCc1cc(Br)cnc1Oc1cccc(Br)c1. The zero-order chi connectivity index (χ0) is 15.2. The number of benzene rings is 1. The summed E-state index contributed by atoms with van der Waals surface area (Å²) in [6.07, 6.45) is 1.75. The predicted molar refractivity (Wildman–Crippen MR) is 92.7 cm³/mol. The molecule has 0 unspecified atom stereocenters. The van der Waals surface area contributed by atoms with Crippen molar-refractivity contribution >= 4 is 31.9 Å². The first-order valence-electron chi connectivity index (χ1n) is 6.83. The molecule has 0 aliphatic heterocycles. The lowest BCUT2D eigenvalue weighted by Crippen LogP contribution is -2.19. The van der Waals surface area contributed by atoms with Crippen LogP contribution in [0, 0.1) is 5.92 Å². The monoisotopic (exact) mass is 412 g/mol. The van der Waals surface area contributed by atoms with Gasteiger partial charge in [0.15, 0.2) is 0 Å². The standard InChI is InChI=1S/C16H18Br2N2O/c1-11(2)8-19-9-12-6-14(18)10-20-16(12)21-15-5-3-4-13(17)7-15/h3-7,10-11,19H,8-9H2,1-2H3. The van der Waals surface area contributed by atoms with Crippen LogP contribution < -0.4 is 10.1 Å². The zero-order valence-corrected chi connectivity index (χ0v) is 15.2. The predicted octanol–water partition coefficient (Wildman–Crippen LogP) is 5.14. The maximum atomic E-state index is 5.90. The third-order valence-corrected chi connectivity index (χ3v) is 3.70. The van der Waals surface area contributed by atoms with Crippen molar-refractivity contribution in [2.75, 3.05) is 6.54 Å². The number of nitrogens with zero attached hydrogens (tertiary/aromatic N) is 1. The van der Waals surface area contributed by atoms with Gasteiger partial charge in [-0.05, 0) is 52.7 Å². The van der Waals surface area contributed by atoms with Gasteiger partial charge in [0, 0.05) is 27.3 Å². The molecule has 0 radical (unpaired) electrons. The van der Waals surface area contributed by atoms with Crippen LogP contribution in [0.4, 0.5) is 0 Å². The molecule has 0 aliphatic rings. The van der Waals surface area contributed by atoms with E-state index in [-0.39, 0.29) is 0 Å². The first-order valence-corrected chi connectivity index (χ1v) is 8.42. The topological polar surface area (TPSA) is 34.2 Å². The van der Waals surface area contributed by atoms with E-state index in [2.05, 4.69) is 56.0 Å². The lowest BCUT2D eigenvalue weighted by molar-refractivity contribution is 0.449. The highest BCUT2D eigenvalue weighted by molar-refractivity contribution is 9.10. The number of pyridine rings is 1. The van der Waals surface area contributed by atoms with Crippen LogP contribution in [0.5, 0.6) is 11.6 Å². The number of rotatable bonds is 6. The largest absolute Gasteiger partial charge is 0.439 e. The first-order chi connectivity index (χ1) is 10.0. The summed E-state index contributed by atoms with van der Waals surface area (Å²) in [6, 6.07) is 9.78. The normalized spacial score (nSPS) is 10.9. The molecule has 0 amide bonds. The van der Waals surface area contributed by atoms with Gasteiger partial charge in [-0.3, -0.25) is 0 Å². The van der Waals surface area contributed by atoms with Gasteiger partial charge < -0.3 is 10.1 Å². The smallest absolute Gasteiger partial charge is 0.223 e. The highest BCUT2D eigenvalue weighted by atomic mass is 79.9. The van der Waals surface area contributed by atoms with Crippen molar-refractivity contribution in [3.8, 4) is 11.6 Å². The Balaban J connectivity index is 2.14. The summed E-state index contributed by atoms with van der Waals surface area (Å²) in [5.41, 5.74) is 1.03. The van der Waals surface area contributed by atoms with Gasteiger partial charge in [0.05, 0.1) is 0 Å². The van der Waals surface area contributed by atoms with E-state index < -0.39 is 0 Å². The van der Waals surface area contributed by atoms with E-state index in [0.29, 0.717) is 11.8 Å². The van der Waals surface area contributed by atoms with Crippen molar-refractivity contribution in [1.29, 1.82) is 0 Å². The minimum absolute atomic E-state index is 0.611. The molecule has 3 nitrogen and oxygen atoms in total. The van der Waals surface area contributed by atoms with Gasteiger partial charge in [-0.2, -0.15) is 0 Å². The summed E-state index contributed by atoms with van der Waals surface area (Å²) >= 11 is 6.90. The summed E-state index contributed by atoms with van der Waals surface area (Å²) in [6.45, 7) is 6.06. The van der Waals surface area contributed by atoms with E-state index in [0.717, 1.165) is 33.3 Å². The lowest BCUT2D eigenvalue weighted by atomic mass is 10.2. The molecule has 0 bridgehead atoms. The highest BCUT2D eigenvalue weighted by Crippen LogP contribution is 2.27. The summed E-state index contributed by atoms with van der Waals surface area (Å²) < 4.78 is 7.83. The average Bonchev–Trinajstić information content (AvgIpc) is 2.41. The van der Waals surface area contributed by atoms with Gasteiger partial charge in [0.1, 0.15) is 5.75 Å². The van der Waals surface area contributed by atoms with Crippen LogP contribution in [0.3, 0.4) is 0 Å². The third kappa shape index (κ3) is 5.41. The lowest BCUT2D eigenvalue weighted by Gasteiger charge is -2.12. The van der Waals surface area contributed by atoms with E-state index in [1.54, 1.807) is 6.20 Å². The van der Waals surface area contributed by atoms with Crippen molar-refractivity contribution in [2.45, 2.75) is 20.4 Å². The molecule has 2 rings (SSSR count). The van der Waals surface area contributed by atoms with Crippen LogP contribution in [-0.2, 0) is 6.54 Å². The number of hydrogen-bond acceptors (Lipinski definition) is 3. The molecule has 0 aliphatic carbocycles. The van der Waals surface area contributed by atoms with E-state index in [9.17, 15) is 0 Å². The van der Waals surface area contributed by atoms with Gasteiger partial charge >= 0.3 is 0 Å². The van der Waals surface area contributed by atoms with Crippen LogP contribution in [-0.4, -0.2) is 11.5 Å².